The van der Waals surface area contributed by atoms with Crippen molar-refractivity contribution in [1.82, 2.24) is 0 Å². The maximum Gasteiger partial charge on any atom is 0.339 e. The van der Waals surface area contributed by atoms with E-state index in [2.05, 4.69) is 0 Å². The summed E-state index contributed by atoms with van der Waals surface area (Å²) in [6.07, 6.45) is 0.816. The lowest BCUT2D eigenvalue weighted by atomic mass is 10.1. The van der Waals surface area contributed by atoms with Crippen LogP contribution in [0.15, 0.2) is 12.1 Å². The van der Waals surface area contributed by atoms with Crippen molar-refractivity contribution in [3.05, 3.63) is 23.3 Å². The zero-order valence-electron chi connectivity index (χ0n) is 9.74. The molecule has 0 amide bonds. The Morgan fingerprint density at radius 3 is 2.62 bits per heavy atom. The van der Waals surface area contributed by atoms with Crippen LogP contribution in [0.2, 0.25) is 0 Å². The molecule has 0 aliphatic carbocycles. The van der Waals surface area contributed by atoms with Gasteiger partial charge in [-0.3, -0.25) is 0 Å². The molecule has 1 rings (SSSR count). The van der Waals surface area contributed by atoms with Crippen molar-refractivity contribution in [2.45, 2.75) is 20.3 Å². The van der Waals surface area contributed by atoms with E-state index in [4.69, 9.17) is 14.6 Å². The van der Waals surface area contributed by atoms with Crippen LogP contribution in [0, 0.1) is 6.92 Å². The first-order chi connectivity index (χ1) is 7.60. The standard InChI is InChI=1S/C12H16O4/c1-4-5-16-11-9(12(13)14)6-8(2)7-10(11)15-3/h6-7H,4-5H2,1-3H3,(H,13,14). The molecule has 1 aromatic rings. The van der Waals surface area contributed by atoms with Gasteiger partial charge in [-0.25, -0.2) is 4.79 Å². The summed E-state index contributed by atoms with van der Waals surface area (Å²) in [7, 11) is 1.50. The molecule has 0 aromatic heterocycles. The van der Waals surface area contributed by atoms with Gasteiger partial charge in [0.25, 0.3) is 0 Å². The summed E-state index contributed by atoms with van der Waals surface area (Å²) < 4.78 is 10.5. The fourth-order valence-corrected chi connectivity index (χ4v) is 1.40. The Labute approximate surface area is 94.8 Å². The summed E-state index contributed by atoms with van der Waals surface area (Å²) in [5, 5.41) is 9.07. The van der Waals surface area contributed by atoms with Gasteiger partial charge in [-0.15, -0.1) is 0 Å². The van der Waals surface area contributed by atoms with Gasteiger partial charge in [0.15, 0.2) is 11.5 Å². The second kappa shape index (κ2) is 5.39. The predicted octanol–water partition coefficient (Wildman–Crippen LogP) is 2.49. The number of methoxy groups -OCH3 is 1. The summed E-state index contributed by atoms with van der Waals surface area (Å²) in [6.45, 7) is 4.25. The summed E-state index contributed by atoms with van der Waals surface area (Å²) >= 11 is 0. The highest BCUT2D eigenvalue weighted by molar-refractivity contribution is 5.92. The molecule has 1 aromatic carbocycles. The lowest BCUT2D eigenvalue weighted by Crippen LogP contribution is -2.06. The van der Waals surface area contributed by atoms with Crippen LogP contribution in [0.5, 0.6) is 11.5 Å². The van der Waals surface area contributed by atoms with Crippen molar-refractivity contribution in [2.24, 2.45) is 0 Å². The van der Waals surface area contributed by atoms with Crippen molar-refractivity contribution in [1.29, 1.82) is 0 Å². The summed E-state index contributed by atoms with van der Waals surface area (Å²) in [5.74, 6) is -0.235. The molecule has 4 heteroatoms. The first-order valence-corrected chi connectivity index (χ1v) is 5.14. The Morgan fingerprint density at radius 2 is 2.12 bits per heavy atom. The average Bonchev–Trinajstić information content (AvgIpc) is 2.26. The van der Waals surface area contributed by atoms with E-state index < -0.39 is 5.97 Å². The number of hydrogen-bond donors (Lipinski definition) is 1. The van der Waals surface area contributed by atoms with Crippen molar-refractivity contribution in [2.75, 3.05) is 13.7 Å². The number of aromatic carboxylic acids is 1. The quantitative estimate of drug-likeness (QED) is 0.834. The average molecular weight is 224 g/mol. The zero-order chi connectivity index (χ0) is 12.1. The van der Waals surface area contributed by atoms with E-state index in [0.29, 0.717) is 18.1 Å². The Balaban J connectivity index is 3.21. The number of benzene rings is 1. The molecular formula is C12H16O4. The van der Waals surface area contributed by atoms with Crippen molar-refractivity contribution in [3.8, 4) is 11.5 Å². The number of carboxylic acids is 1. The van der Waals surface area contributed by atoms with Crippen LogP contribution >= 0.6 is 0 Å². The third-order valence-electron chi connectivity index (χ3n) is 2.10. The van der Waals surface area contributed by atoms with Crippen LogP contribution in [0.3, 0.4) is 0 Å². The van der Waals surface area contributed by atoms with Gasteiger partial charge in [-0.1, -0.05) is 6.92 Å². The maximum absolute atomic E-state index is 11.1. The minimum Gasteiger partial charge on any atom is -0.493 e. The summed E-state index contributed by atoms with van der Waals surface area (Å²) in [5.41, 5.74) is 0.975. The van der Waals surface area contributed by atoms with Crippen LogP contribution < -0.4 is 9.47 Å². The molecular weight excluding hydrogens is 208 g/mol. The number of rotatable bonds is 5. The fraction of sp³-hybridized carbons (Fsp3) is 0.417. The van der Waals surface area contributed by atoms with Crippen LogP contribution in [0.4, 0.5) is 0 Å². The van der Waals surface area contributed by atoms with Gasteiger partial charge < -0.3 is 14.6 Å². The number of hydrogen-bond acceptors (Lipinski definition) is 3. The third kappa shape index (κ3) is 2.66. The Kier molecular flexibility index (Phi) is 4.17. The van der Waals surface area contributed by atoms with E-state index in [-0.39, 0.29) is 5.56 Å². The monoisotopic (exact) mass is 224 g/mol. The lowest BCUT2D eigenvalue weighted by molar-refractivity contribution is 0.0691. The zero-order valence-corrected chi connectivity index (χ0v) is 9.74. The molecule has 0 heterocycles. The summed E-state index contributed by atoms with van der Waals surface area (Å²) in [6, 6.07) is 3.34. The van der Waals surface area contributed by atoms with E-state index in [9.17, 15) is 4.79 Å². The second-order valence-electron chi connectivity index (χ2n) is 3.50. The number of aryl methyl sites for hydroxylation is 1. The van der Waals surface area contributed by atoms with Gasteiger partial charge in [0.2, 0.25) is 0 Å². The van der Waals surface area contributed by atoms with Gasteiger partial charge >= 0.3 is 5.97 Å². The highest BCUT2D eigenvalue weighted by atomic mass is 16.5. The maximum atomic E-state index is 11.1. The van der Waals surface area contributed by atoms with Crippen LogP contribution in [0.25, 0.3) is 0 Å². The van der Waals surface area contributed by atoms with Gasteiger partial charge in [0.05, 0.1) is 13.7 Å². The van der Waals surface area contributed by atoms with Crippen molar-refractivity contribution < 1.29 is 19.4 Å². The van der Waals surface area contributed by atoms with E-state index in [1.54, 1.807) is 12.1 Å². The largest absolute Gasteiger partial charge is 0.493 e. The topological polar surface area (TPSA) is 55.8 Å². The molecule has 0 radical (unpaired) electrons. The van der Waals surface area contributed by atoms with Crippen molar-refractivity contribution >= 4 is 5.97 Å². The molecule has 88 valence electrons. The molecule has 0 unspecified atom stereocenters. The highest BCUT2D eigenvalue weighted by Gasteiger charge is 2.17. The molecule has 0 fully saturated rings. The number of carboxylic acid groups (broad SMARTS) is 1. The van der Waals surface area contributed by atoms with Gasteiger partial charge in [-0.2, -0.15) is 0 Å². The third-order valence-corrected chi connectivity index (χ3v) is 2.10. The minimum absolute atomic E-state index is 0.144. The molecule has 0 aliphatic rings. The summed E-state index contributed by atoms with van der Waals surface area (Å²) in [4.78, 5) is 11.1. The van der Waals surface area contributed by atoms with Gasteiger partial charge in [0.1, 0.15) is 5.56 Å². The van der Waals surface area contributed by atoms with E-state index in [0.717, 1.165) is 12.0 Å². The number of carbonyl (C=O) groups is 1. The Bertz CT molecular complexity index is 385. The SMILES string of the molecule is CCCOc1c(OC)cc(C)cc1C(=O)O. The minimum atomic E-state index is -1.01. The smallest absolute Gasteiger partial charge is 0.339 e. The van der Waals surface area contributed by atoms with Crippen LogP contribution in [0.1, 0.15) is 29.3 Å². The predicted molar refractivity (Wildman–Crippen MR) is 60.5 cm³/mol. The number of ether oxygens (including phenoxy) is 2. The molecule has 4 nitrogen and oxygen atoms in total. The molecule has 0 aliphatic heterocycles. The molecule has 0 spiro atoms. The molecule has 16 heavy (non-hydrogen) atoms. The van der Waals surface area contributed by atoms with Crippen molar-refractivity contribution in [3.63, 3.8) is 0 Å². The molecule has 0 atom stereocenters. The van der Waals surface area contributed by atoms with Crippen LogP contribution in [-0.2, 0) is 0 Å². The highest BCUT2D eigenvalue weighted by Crippen LogP contribution is 2.32. The lowest BCUT2D eigenvalue weighted by Gasteiger charge is -2.13. The molecule has 1 N–H and O–H groups in total. The fourth-order valence-electron chi connectivity index (χ4n) is 1.40. The Morgan fingerprint density at radius 1 is 1.44 bits per heavy atom. The van der Waals surface area contributed by atoms with Gasteiger partial charge in [0, 0.05) is 0 Å². The van der Waals surface area contributed by atoms with Crippen LogP contribution in [-0.4, -0.2) is 24.8 Å². The first kappa shape index (κ1) is 12.4. The first-order valence-electron chi connectivity index (χ1n) is 5.14. The normalized spacial score (nSPS) is 9.94. The Hall–Kier alpha value is -1.71. The van der Waals surface area contributed by atoms with E-state index in [1.807, 2.05) is 13.8 Å². The van der Waals surface area contributed by atoms with E-state index in [1.165, 1.54) is 7.11 Å². The molecule has 0 saturated carbocycles. The van der Waals surface area contributed by atoms with Gasteiger partial charge in [-0.05, 0) is 31.0 Å². The second-order valence-corrected chi connectivity index (χ2v) is 3.50. The van der Waals surface area contributed by atoms with E-state index >= 15 is 0 Å². The molecule has 0 saturated heterocycles. The molecule has 0 bridgehead atoms.